The number of hydrogen-bond acceptors (Lipinski definition) is 3. The van der Waals surface area contributed by atoms with Crippen LogP contribution >= 0.6 is 0 Å². The van der Waals surface area contributed by atoms with Crippen molar-refractivity contribution in [2.75, 3.05) is 18.1 Å². The fourth-order valence-electron chi connectivity index (χ4n) is 3.28. The van der Waals surface area contributed by atoms with Crippen molar-refractivity contribution < 1.29 is 14.3 Å². The van der Waals surface area contributed by atoms with Crippen LogP contribution in [0.5, 0.6) is 11.5 Å². The normalized spacial score (nSPS) is 12.5. The van der Waals surface area contributed by atoms with Gasteiger partial charge in [-0.25, -0.2) is 0 Å². The zero-order valence-corrected chi connectivity index (χ0v) is 15.9. The standard InChI is InChI=1S/C24H23NO3/c1-18-7-10-21(11-8-18)25(17-19-5-3-2-4-6-19)24(26)16-20-9-12-22-23(15-20)28-14-13-27-22/h2-12,15H,13-14,16-17H2,1H3. The molecule has 4 heteroatoms. The minimum atomic E-state index is 0.0457. The number of aryl methyl sites for hydroxylation is 1. The lowest BCUT2D eigenvalue weighted by Crippen LogP contribution is -2.31. The molecule has 0 radical (unpaired) electrons. The third-order valence-electron chi connectivity index (χ3n) is 4.79. The summed E-state index contributed by atoms with van der Waals surface area (Å²) < 4.78 is 11.2. The molecule has 142 valence electrons. The van der Waals surface area contributed by atoms with E-state index >= 15 is 0 Å². The molecule has 28 heavy (non-hydrogen) atoms. The molecule has 3 aromatic carbocycles. The predicted octanol–water partition coefficient (Wildman–Crippen LogP) is 4.54. The average molecular weight is 373 g/mol. The van der Waals surface area contributed by atoms with Gasteiger partial charge < -0.3 is 14.4 Å². The Morgan fingerprint density at radius 3 is 2.32 bits per heavy atom. The predicted molar refractivity (Wildman–Crippen MR) is 110 cm³/mol. The summed E-state index contributed by atoms with van der Waals surface area (Å²) in [6.07, 6.45) is 0.303. The molecule has 0 unspecified atom stereocenters. The van der Waals surface area contributed by atoms with Gasteiger partial charge in [0.05, 0.1) is 13.0 Å². The highest BCUT2D eigenvalue weighted by molar-refractivity contribution is 5.94. The van der Waals surface area contributed by atoms with Crippen molar-refractivity contribution in [2.45, 2.75) is 19.9 Å². The average Bonchev–Trinajstić information content (AvgIpc) is 2.73. The molecule has 1 amide bonds. The van der Waals surface area contributed by atoms with Gasteiger partial charge in [0.1, 0.15) is 13.2 Å². The lowest BCUT2D eigenvalue weighted by molar-refractivity contribution is -0.118. The molecule has 0 bridgehead atoms. The van der Waals surface area contributed by atoms with E-state index in [0.717, 1.165) is 22.6 Å². The van der Waals surface area contributed by atoms with Crippen molar-refractivity contribution in [1.82, 2.24) is 0 Å². The van der Waals surface area contributed by atoms with Crippen LogP contribution in [0.3, 0.4) is 0 Å². The Hall–Kier alpha value is -3.27. The van der Waals surface area contributed by atoms with E-state index in [1.165, 1.54) is 5.56 Å². The molecule has 0 saturated carbocycles. The first-order valence-corrected chi connectivity index (χ1v) is 9.48. The molecule has 4 nitrogen and oxygen atoms in total. The molecule has 1 aliphatic heterocycles. The quantitative estimate of drug-likeness (QED) is 0.659. The maximum atomic E-state index is 13.2. The lowest BCUT2D eigenvalue weighted by atomic mass is 10.1. The van der Waals surface area contributed by atoms with Gasteiger partial charge in [0, 0.05) is 5.69 Å². The molecule has 0 spiro atoms. The van der Waals surface area contributed by atoms with E-state index < -0.39 is 0 Å². The van der Waals surface area contributed by atoms with Crippen LogP contribution in [-0.4, -0.2) is 19.1 Å². The van der Waals surface area contributed by atoms with E-state index in [4.69, 9.17) is 9.47 Å². The minimum absolute atomic E-state index is 0.0457. The van der Waals surface area contributed by atoms with Crippen molar-refractivity contribution in [3.8, 4) is 11.5 Å². The summed E-state index contributed by atoms with van der Waals surface area (Å²) in [5.74, 6) is 1.49. The largest absolute Gasteiger partial charge is 0.486 e. The number of fused-ring (bicyclic) bond motifs is 1. The lowest BCUT2D eigenvalue weighted by Gasteiger charge is -2.24. The second-order valence-electron chi connectivity index (χ2n) is 6.96. The van der Waals surface area contributed by atoms with Crippen LogP contribution in [0.1, 0.15) is 16.7 Å². The number of rotatable bonds is 5. The van der Waals surface area contributed by atoms with E-state index in [2.05, 4.69) is 0 Å². The molecule has 0 atom stereocenters. The maximum Gasteiger partial charge on any atom is 0.231 e. The first kappa shape index (κ1) is 18.1. The third kappa shape index (κ3) is 4.17. The molecule has 1 heterocycles. The molecule has 0 aromatic heterocycles. The third-order valence-corrected chi connectivity index (χ3v) is 4.79. The first-order chi connectivity index (χ1) is 13.7. The smallest absolute Gasteiger partial charge is 0.231 e. The summed E-state index contributed by atoms with van der Waals surface area (Å²) in [6, 6.07) is 23.8. The van der Waals surface area contributed by atoms with E-state index in [-0.39, 0.29) is 5.91 Å². The monoisotopic (exact) mass is 373 g/mol. The molecule has 0 fully saturated rings. The fraction of sp³-hybridized carbons (Fsp3) is 0.208. The second-order valence-corrected chi connectivity index (χ2v) is 6.96. The topological polar surface area (TPSA) is 38.8 Å². The number of hydrogen-bond donors (Lipinski definition) is 0. The van der Waals surface area contributed by atoms with Crippen LogP contribution in [0, 0.1) is 6.92 Å². The van der Waals surface area contributed by atoms with Crippen LogP contribution in [0.15, 0.2) is 72.8 Å². The fourth-order valence-corrected chi connectivity index (χ4v) is 3.28. The Balaban J connectivity index is 1.58. The number of nitrogens with zero attached hydrogens (tertiary/aromatic N) is 1. The molecule has 1 aliphatic rings. The van der Waals surface area contributed by atoms with Crippen LogP contribution in [-0.2, 0) is 17.8 Å². The number of anilines is 1. The Morgan fingerprint density at radius 1 is 0.857 bits per heavy atom. The number of carbonyl (C=O) groups excluding carboxylic acids is 1. The highest BCUT2D eigenvalue weighted by atomic mass is 16.6. The SMILES string of the molecule is Cc1ccc(N(Cc2ccccc2)C(=O)Cc2ccc3c(c2)OCCO3)cc1. The highest BCUT2D eigenvalue weighted by Gasteiger charge is 2.19. The van der Waals surface area contributed by atoms with Crippen LogP contribution in [0.2, 0.25) is 0 Å². The van der Waals surface area contributed by atoms with Crippen molar-refractivity contribution in [3.63, 3.8) is 0 Å². The second kappa shape index (κ2) is 8.17. The van der Waals surface area contributed by atoms with Gasteiger partial charge in [-0.1, -0.05) is 54.1 Å². The van der Waals surface area contributed by atoms with Crippen LogP contribution in [0.25, 0.3) is 0 Å². The summed E-state index contributed by atoms with van der Waals surface area (Å²) in [6.45, 7) is 3.67. The molecular formula is C24H23NO3. The van der Waals surface area contributed by atoms with Gasteiger partial charge in [-0.3, -0.25) is 4.79 Å². The van der Waals surface area contributed by atoms with Gasteiger partial charge in [-0.15, -0.1) is 0 Å². The zero-order chi connectivity index (χ0) is 19.3. The Kier molecular flexibility index (Phi) is 5.29. The van der Waals surface area contributed by atoms with E-state index in [0.29, 0.717) is 31.9 Å². The number of carbonyl (C=O) groups is 1. The zero-order valence-electron chi connectivity index (χ0n) is 15.9. The van der Waals surface area contributed by atoms with Gasteiger partial charge >= 0.3 is 0 Å². The number of benzene rings is 3. The molecule has 4 rings (SSSR count). The molecule has 3 aromatic rings. The van der Waals surface area contributed by atoms with Gasteiger partial charge in [0.25, 0.3) is 0 Å². The summed E-state index contributed by atoms with van der Waals surface area (Å²) in [4.78, 5) is 15.1. The highest BCUT2D eigenvalue weighted by Crippen LogP contribution is 2.31. The van der Waals surface area contributed by atoms with Crippen molar-refractivity contribution >= 4 is 11.6 Å². The van der Waals surface area contributed by atoms with Gasteiger partial charge in [0.2, 0.25) is 5.91 Å². The molecular weight excluding hydrogens is 350 g/mol. The molecule has 0 aliphatic carbocycles. The van der Waals surface area contributed by atoms with E-state index in [1.54, 1.807) is 0 Å². The summed E-state index contributed by atoms with van der Waals surface area (Å²) in [5.41, 5.74) is 4.08. The maximum absolute atomic E-state index is 13.2. The van der Waals surface area contributed by atoms with Crippen LogP contribution in [0.4, 0.5) is 5.69 Å². The molecule has 0 saturated heterocycles. The number of amides is 1. The minimum Gasteiger partial charge on any atom is -0.486 e. The number of ether oxygens (including phenoxy) is 2. The summed E-state index contributed by atoms with van der Waals surface area (Å²) in [7, 11) is 0. The Labute approximate surface area is 165 Å². The van der Waals surface area contributed by atoms with Crippen LogP contribution < -0.4 is 14.4 Å². The Bertz CT molecular complexity index is 951. The van der Waals surface area contributed by atoms with Gasteiger partial charge in [0.15, 0.2) is 11.5 Å². The first-order valence-electron chi connectivity index (χ1n) is 9.48. The van der Waals surface area contributed by atoms with E-state index in [9.17, 15) is 4.79 Å². The summed E-state index contributed by atoms with van der Waals surface area (Å²) >= 11 is 0. The Morgan fingerprint density at radius 2 is 1.57 bits per heavy atom. The van der Waals surface area contributed by atoms with Gasteiger partial charge in [-0.05, 0) is 42.3 Å². The molecule has 0 N–H and O–H groups in total. The summed E-state index contributed by atoms with van der Waals surface area (Å²) in [5, 5.41) is 0. The van der Waals surface area contributed by atoms with Crippen molar-refractivity contribution in [1.29, 1.82) is 0 Å². The van der Waals surface area contributed by atoms with Gasteiger partial charge in [-0.2, -0.15) is 0 Å². The van der Waals surface area contributed by atoms with Crippen molar-refractivity contribution in [2.24, 2.45) is 0 Å². The van der Waals surface area contributed by atoms with Crippen molar-refractivity contribution in [3.05, 3.63) is 89.5 Å². The van der Waals surface area contributed by atoms with E-state index in [1.807, 2.05) is 84.6 Å².